The molecule has 0 spiro atoms. The van der Waals surface area contributed by atoms with Crippen molar-refractivity contribution in [3.05, 3.63) is 18.0 Å². The van der Waals surface area contributed by atoms with E-state index in [9.17, 15) is 0 Å². The fourth-order valence-corrected chi connectivity index (χ4v) is 0.933. The Labute approximate surface area is 78.4 Å². The molecule has 0 aromatic carbocycles. The second-order valence-corrected chi connectivity index (χ2v) is 2.71. The number of hydrogen-bond donors (Lipinski definition) is 1. The molecule has 1 aromatic heterocycles. The molecule has 0 atom stereocenters. The van der Waals surface area contributed by atoms with Crippen LogP contribution in [0.4, 0.5) is 0 Å². The molecule has 0 aliphatic carbocycles. The lowest BCUT2D eigenvalue weighted by atomic mass is 10.3. The smallest absolute Gasteiger partial charge is 0.0646 e. The van der Waals surface area contributed by atoms with Crippen LogP contribution in [0.25, 0.3) is 0 Å². The molecule has 0 aliphatic heterocycles. The van der Waals surface area contributed by atoms with Gasteiger partial charge in [0.15, 0.2) is 0 Å². The first-order valence-electron chi connectivity index (χ1n) is 4.49. The molecule has 13 heavy (non-hydrogen) atoms. The first kappa shape index (κ1) is 9.82. The molecule has 0 radical (unpaired) electrons. The topological polar surface area (TPSA) is 38.0 Å². The van der Waals surface area contributed by atoms with Crippen LogP contribution in [0.1, 0.15) is 25.3 Å². The Balaban J connectivity index is 2.46. The summed E-state index contributed by atoms with van der Waals surface area (Å²) in [5, 5.41) is 12.6. The first-order valence-corrected chi connectivity index (χ1v) is 4.49. The fraction of sp³-hybridized carbons (Fsp3) is 0.500. The minimum Gasteiger partial charge on any atom is -0.396 e. The van der Waals surface area contributed by atoms with Gasteiger partial charge in [-0.05, 0) is 13.3 Å². The predicted molar refractivity (Wildman–Crippen MR) is 51.1 cm³/mol. The Bertz CT molecular complexity index is 306. The number of hydrogen-bond acceptors (Lipinski definition) is 2. The van der Waals surface area contributed by atoms with Crippen molar-refractivity contribution >= 4 is 0 Å². The third-order valence-corrected chi connectivity index (χ3v) is 1.65. The van der Waals surface area contributed by atoms with E-state index in [2.05, 4.69) is 16.9 Å². The van der Waals surface area contributed by atoms with E-state index >= 15 is 0 Å². The Morgan fingerprint density at radius 3 is 3.08 bits per heavy atom. The normalized spacial score (nSPS) is 9.38. The molecule has 0 amide bonds. The van der Waals surface area contributed by atoms with E-state index in [0.717, 1.165) is 24.9 Å². The van der Waals surface area contributed by atoms with Crippen molar-refractivity contribution in [2.45, 2.75) is 26.3 Å². The van der Waals surface area contributed by atoms with Crippen molar-refractivity contribution in [1.29, 1.82) is 0 Å². The Morgan fingerprint density at radius 1 is 1.62 bits per heavy atom. The standard InChI is InChI=1S/C10H14N2O/c1-2-12-9-10(8-11-12)6-4-3-5-7-13/h8-9,13H,2-3,5,7H2,1H3. The highest BCUT2D eigenvalue weighted by Gasteiger charge is 1.90. The van der Waals surface area contributed by atoms with Gasteiger partial charge in [-0.1, -0.05) is 11.8 Å². The van der Waals surface area contributed by atoms with Gasteiger partial charge in [-0.2, -0.15) is 5.10 Å². The SMILES string of the molecule is CCn1cc(C#CCCCO)cn1. The molecule has 0 bridgehead atoms. The number of aryl methyl sites for hydroxylation is 1. The maximum atomic E-state index is 8.52. The van der Waals surface area contributed by atoms with E-state index in [1.54, 1.807) is 6.20 Å². The van der Waals surface area contributed by atoms with Crippen LogP contribution in [0.5, 0.6) is 0 Å². The van der Waals surface area contributed by atoms with Gasteiger partial charge >= 0.3 is 0 Å². The van der Waals surface area contributed by atoms with Crippen LogP contribution in [-0.4, -0.2) is 21.5 Å². The quantitative estimate of drug-likeness (QED) is 0.554. The lowest BCUT2D eigenvalue weighted by Crippen LogP contribution is -1.91. The average Bonchev–Trinajstić information content (AvgIpc) is 2.60. The van der Waals surface area contributed by atoms with Crippen molar-refractivity contribution in [2.75, 3.05) is 6.61 Å². The molecule has 1 N–H and O–H groups in total. The molecular formula is C10H14N2O. The van der Waals surface area contributed by atoms with E-state index in [1.165, 1.54) is 0 Å². The summed E-state index contributed by atoms with van der Waals surface area (Å²) in [6, 6.07) is 0. The number of nitrogens with zero attached hydrogens (tertiary/aromatic N) is 2. The van der Waals surface area contributed by atoms with E-state index in [-0.39, 0.29) is 6.61 Å². The van der Waals surface area contributed by atoms with Gasteiger partial charge in [0.05, 0.1) is 11.8 Å². The van der Waals surface area contributed by atoms with Crippen molar-refractivity contribution in [2.24, 2.45) is 0 Å². The monoisotopic (exact) mass is 178 g/mol. The van der Waals surface area contributed by atoms with E-state index in [0.29, 0.717) is 0 Å². The predicted octanol–water partition coefficient (Wildman–Crippen LogP) is 1.03. The lowest BCUT2D eigenvalue weighted by molar-refractivity contribution is 0.290. The maximum Gasteiger partial charge on any atom is 0.0646 e. The van der Waals surface area contributed by atoms with E-state index < -0.39 is 0 Å². The second-order valence-electron chi connectivity index (χ2n) is 2.71. The van der Waals surface area contributed by atoms with Gasteiger partial charge in [-0.3, -0.25) is 4.68 Å². The summed E-state index contributed by atoms with van der Waals surface area (Å²) >= 11 is 0. The van der Waals surface area contributed by atoms with Crippen molar-refractivity contribution in [1.82, 2.24) is 9.78 Å². The molecule has 70 valence electrons. The lowest BCUT2D eigenvalue weighted by Gasteiger charge is -1.88. The number of unbranched alkanes of at least 4 members (excludes halogenated alkanes) is 1. The summed E-state index contributed by atoms with van der Waals surface area (Å²) in [5.41, 5.74) is 0.944. The molecule has 1 aromatic rings. The van der Waals surface area contributed by atoms with Gasteiger partial charge in [-0.15, -0.1) is 0 Å². The van der Waals surface area contributed by atoms with Crippen LogP contribution in [-0.2, 0) is 6.54 Å². The molecule has 0 aliphatic rings. The summed E-state index contributed by atoms with van der Waals surface area (Å²) in [6.07, 6.45) is 5.17. The van der Waals surface area contributed by atoms with Crippen LogP contribution in [0, 0.1) is 11.8 Å². The van der Waals surface area contributed by atoms with Gasteiger partial charge in [0.2, 0.25) is 0 Å². The van der Waals surface area contributed by atoms with Crippen LogP contribution in [0.15, 0.2) is 12.4 Å². The van der Waals surface area contributed by atoms with Crippen molar-refractivity contribution in [3.8, 4) is 11.8 Å². The zero-order valence-electron chi connectivity index (χ0n) is 7.82. The highest BCUT2D eigenvalue weighted by Crippen LogP contribution is 1.95. The molecule has 0 saturated heterocycles. The highest BCUT2D eigenvalue weighted by molar-refractivity contribution is 5.29. The Morgan fingerprint density at radius 2 is 2.46 bits per heavy atom. The third-order valence-electron chi connectivity index (χ3n) is 1.65. The van der Waals surface area contributed by atoms with Gasteiger partial charge in [-0.25, -0.2) is 0 Å². The van der Waals surface area contributed by atoms with E-state index in [4.69, 9.17) is 5.11 Å². The third kappa shape index (κ3) is 3.30. The largest absolute Gasteiger partial charge is 0.396 e. The Kier molecular flexibility index (Phi) is 4.07. The zero-order chi connectivity index (χ0) is 9.52. The summed E-state index contributed by atoms with van der Waals surface area (Å²) in [4.78, 5) is 0. The van der Waals surface area contributed by atoms with Crippen molar-refractivity contribution < 1.29 is 5.11 Å². The first-order chi connectivity index (χ1) is 6.36. The molecule has 3 heteroatoms. The summed E-state index contributed by atoms with van der Waals surface area (Å²) in [5.74, 6) is 5.97. The second kappa shape index (κ2) is 5.39. The maximum absolute atomic E-state index is 8.52. The van der Waals surface area contributed by atoms with Gasteiger partial charge in [0, 0.05) is 25.8 Å². The molecule has 1 heterocycles. The van der Waals surface area contributed by atoms with Crippen LogP contribution in [0.3, 0.4) is 0 Å². The number of aliphatic hydroxyl groups is 1. The molecule has 0 fully saturated rings. The average molecular weight is 178 g/mol. The van der Waals surface area contributed by atoms with Crippen molar-refractivity contribution in [3.63, 3.8) is 0 Å². The van der Waals surface area contributed by atoms with E-state index in [1.807, 2.05) is 17.8 Å². The molecule has 1 rings (SSSR count). The van der Waals surface area contributed by atoms with Crippen LogP contribution >= 0.6 is 0 Å². The van der Waals surface area contributed by atoms with Gasteiger partial charge < -0.3 is 5.11 Å². The zero-order valence-corrected chi connectivity index (χ0v) is 7.82. The summed E-state index contributed by atoms with van der Waals surface area (Å²) in [7, 11) is 0. The van der Waals surface area contributed by atoms with Gasteiger partial charge in [0.1, 0.15) is 0 Å². The minimum absolute atomic E-state index is 0.211. The molecule has 0 unspecified atom stereocenters. The molecular weight excluding hydrogens is 164 g/mol. The number of aromatic nitrogens is 2. The fourth-order valence-electron chi connectivity index (χ4n) is 0.933. The van der Waals surface area contributed by atoms with Gasteiger partial charge in [0.25, 0.3) is 0 Å². The molecule has 0 saturated carbocycles. The highest BCUT2D eigenvalue weighted by atomic mass is 16.2. The summed E-state index contributed by atoms with van der Waals surface area (Å²) in [6.45, 7) is 3.12. The minimum atomic E-state index is 0.211. The van der Waals surface area contributed by atoms with Crippen LogP contribution in [0.2, 0.25) is 0 Å². The van der Waals surface area contributed by atoms with Crippen LogP contribution < -0.4 is 0 Å². The number of aliphatic hydroxyl groups excluding tert-OH is 1. The summed E-state index contributed by atoms with van der Waals surface area (Å²) < 4.78 is 1.84. The number of rotatable bonds is 3. The Hall–Kier alpha value is -1.27. The molecule has 3 nitrogen and oxygen atoms in total.